The third-order valence-corrected chi connectivity index (χ3v) is 6.29. The van der Waals surface area contributed by atoms with E-state index in [0.29, 0.717) is 12.8 Å². The molecule has 6 heteroatoms. The number of carbonyl (C=O) groups excluding carboxylic acids is 1. The molecule has 2 fully saturated rings. The number of carbonyl (C=O) groups is 1. The van der Waals surface area contributed by atoms with Gasteiger partial charge in [0.1, 0.15) is 0 Å². The molecular weight excluding hydrogens is 304 g/mol. The molecule has 1 aromatic heterocycles. The first-order valence-corrected chi connectivity index (χ1v) is 9.06. The van der Waals surface area contributed by atoms with E-state index in [0.717, 1.165) is 55.8 Å². The fourth-order valence-electron chi connectivity index (χ4n) is 4.41. The number of H-pyrrole nitrogens is 1. The Balaban J connectivity index is 1.61. The Bertz CT molecular complexity index is 600. The fourth-order valence-corrected chi connectivity index (χ4v) is 4.41. The van der Waals surface area contributed by atoms with Crippen molar-refractivity contribution in [2.75, 3.05) is 33.3 Å². The molecule has 24 heavy (non-hydrogen) atoms. The van der Waals surface area contributed by atoms with Crippen molar-refractivity contribution in [3.63, 3.8) is 0 Å². The number of rotatable bonds is 4. The number of nitrogens with one attached hydrogen (secondary N) is 1. The van der Waals surface area contributed by atoms with Crippen LogP contribution in [0.15, 0.2) is 0 Å². The summed E-state index contributed by atoms with van der Waals surface area (Å²) in [6.07, 6.45) is 4.32. The van der Waals surface area contributed by atoms with Crippen LogP contribution in [0.4, 0.5) is 0 Å². The van der Waals surface area contributed by atoms with Crippen LogP contribution < -0.4 is 0 Å². The highest BCUT2D eigenvalue weighted by Gasteiger charge is 2.47. The molecule has 0 saturated carbocycles. The van der Waals surface area contributed by atoms with Crippen molar-refractivity contribution in [1.29, 1.82) is 0 Å². The van der Waals surface area contributed by atoms with Gasteiger partial charge in [-0.05, 0) is 52.3 Å². The van der Waals surface area contributed by atoms with Crippen LogP contribution in [-0.2, 0) is 11.2 Å². The molecule has 2 aliphatic heterocycles. The average molecular weight is 334 g/mol. The van der Waals surface area contributed by atoms with E-state index >= 15 is 0 Å². The van der Waals surface area contributed by atoms with Crippen LogP contribution in [0.2, 0.25) is 0 Å². The van der Waals surface area contributed by atoms with Gasteiger partial charge in [-0.2, -0.15) is 5.10 Å². The maximum Gasteiger partial charge on any atom is 0.223 e. The first kappa shape index (κ1) is 17.4. The molecule has 0 radical (unpaired) electrons. The number of aromatic amines is 1. The van der Waals surface area contributed by atoms with Gasteiger partial charge >= 0.3 is 0 Å². The Labute approximate surface area is 144 Å². The predicted octanol–water partition coefficient (Wildman–Crippen LogP) is 1.26. The molecule has 2 aliphatic rings. The summed E-state index contributed by atoms with van der Waals surface area (Å²) in [7, 11) is 2.12. The summed E-state index contributed by atoms with van der Waals surface area (Å²) in [5.41, 5.74) is 3.22. The number of piperidine rings is 2. The van der Waals surface area contributed by atoms with Gasteiger partial charge in [-0.25, -0.2) is 0 Å². The molecule has 2 N–H and O–H groups in total. The van der Waals surface area contributed by atoms with E-state index in [9.17, 15) is 9.90 Å². The summed E-state index contributed by atoms with van der Waals surface area (Å²) in [4.78, 5) is 17.0. The summed E-state index contributed by atoms with van der Waals surface area (Å²) in [5.74, 6) is 0.209. The van der Waals surface area contributed by atoms with Gasteiger partial charge in [0.2, 0.25) is 5.91 Å². The molecule has 1 aromatic rings. The lowest BCUT2D eigenvalue weighted by molar-refractivity contribution is -0.139. The molecular formula is C18H30N4O2. The Morgan fingerprint density at radius 1 is 1.38 bits per heavy atom. The third-order valence-electron chi connectivity index (χ3n) is 6.29. The molecule has 6 nitrogen and oxygen atoms in total. The number of aliphatic hydroxyl groups is 1. The summed E-state index contributed by atoms with van der Waals surface area (Å²) in [6.45, 7) is 6.85. The number of hydrogen-bond donors (Lipinski definition) is 2. The van der Waals surface area contributed by atoms with Crippen LogP contribution in [0.3, 0.4) is 0 Å². The molecule has 3 heterocycles. The van der Waals surface area contributed by atoms with Gasteiger partial charge < -0.3 is 14.9 Å². The minimum atomic E-state index is -0.0142. The van der Waals surface area contributed by atoms with Crippen molar-refractivity contribution in [2.45, 2.75) is 52.0 Å². The van der Waals surface area contributed by atoms with E-state index in [-0.39, 0.29) is 24.0 Å². The second kappa shape index (κ2) is 6.84. The maximum atomic E-state index is 12.7. The van der Waals surface area contributed by atoms with Crippen molar-refractivity contribution in [2.24, 2.45) is 5.41 Å². The number of likely N-dealkylation sites (N-methyl/N-ethyl adjacent to an activating group) is 1. The van der Waals surface area contributed by atoms with Crippen molar-refractivity contribution in [3.05, 3.63) is 17.0 Å². The van der Waals surface area contributed by atoms with Gasteiger partial charge in [0.05, 0.1) is 12.3 Å². The molecule has 2 atom stereocenters. The van der Waals surface area contributed by atoms with E-state index < -0.39 is 0 Å². The van der Waals surface area contributed by atoms with E-state index in [1.54, 1.807) is 0 Å². The van der Waals surface area contributed by atoms with Gasteiger partial charge in [0, 0.05) is 43.1 Å². The third kappa shape index (κ3) is 3.09. The Morgan fingerprint density at radius 2 is 2.17 bits per heavy atom. The van der Waals surface area contributed by atoms with Crippen LogP contribution >= 0.6 is 0 Å². The van der Waals surface area contributed by atoms with Crippen molar-refractivity contribution < 1.29 is 9.90 Å². The standard InChI is InChI=1S/C18H30N4O2/c1-13-14(2)19-20-15(13)5-6-17(24)22-10-8-18(12-23)7-4-9-21(3)16(18)11-22/h16,23H,4-12H2,1-3H3,(H,19,20)/t16-,18-/m1/s1. The van der Waals surface area contributed by atoms with Gasteiger partial charge in [-0.3, -0.25) is 9.89 Å². The molecule has 0 aromatic carbocycles. The minimum Gasteiger partial charge on any atom is -0.396 e. The van der Waals surface area contributed by atoms with E-state index in [2.05, 4.69) is 22.1 Å². The van der Waals surface area contributed by atoms with Gasteiger partial charge in [-0.1, -0.05) is 0 Å². The minimum absolute atomic E-state index is 0.0142. The molecule has 134 valence electrons. The molecule has 3 rings (SSSR count). The van der Waals surface area contributed by atoms with Crippen LogP contribution in [0, 0.1) is 19.3 Å². The number of aryl methyl sites for hydroxylation is 2. The second-order valence-electron chi connectivity index (χ2n) is 7.63. The number of amides is 1. The largest absolute Gasteiger partial charge is 0.396 e. The lowest BCUT2D eigenvalue weighted by Gasteiger charge is -2.53. The highest BCUT2D eigenvalue weighted by molar-refractivity contribution is 5.76. The maximum absolute atomic E-state index is 12.7. The molecule has 0 aliphatic carbocycles. The number of likely N-dealkylation sites (tertiary alicyclic amines) is 2. The first-order chi connectivity index (χ1) is 11.5. The summed E-state index contributed by atoms with van der Waals surface area (Å²) in [5, 5.41) is 17.2. The fraction of sp³-hybridized carbons (Fsp3) is 0.778. The SMILES string of the molecule is Cc1[nH]nc(CCC(=O)N2CC[C@@]3(CO)CCCN(C)[C@@H]3C2)c1C. The van der Waals surface area contributed by atoms with E-state index in [4.69, 9.17) is 0 Å². The van der Waals surface area contributed by atoms with Crippen LogP contribution in [0.5, 0.6) is 0 Å². The topological polar surface area (TPSA) is 72.5 Å². The second-order valence-corrected chi connectivity index (χ2v) is 7.63. The van der Waals surface area contributed by atoms with Crippen molar-refractivity contribution in [3.8, 4) is 0 Å². The van der Waals surface area contributed by atoms with Crippen LogP contribution in [-0.4, -0.2) is 70.3 Å². The zero-order chi connectivity index (χ0) is 17.3. The van der Waals surface area contributed by atoms with Crippen LogP contribution in [0.25, 0.3) is 0 Å². The zero-order valence-electron chi connectivity index (χ0n) is 15.1. The van der Waals surface area contributed by atoms with Gasteiger partial charge in [0.15, 0.2) is 0 Å². The summed E-state index contributed by atoms with van der Waals surface area (Å²) < 4.78 is 0. The molecule has 0 unspecified atom stereocenters. The average Bonchev–Trinajstić information content (AvgIpc) is 2.91. The van der Waals surface area contributed by atoms with Gasteiger partial charge in [-0.15, -0.1) is 0 Å². The quantitative estimate of drug-likeness (QED) is 0.870. The molecule has 0 spiro atoms. The monoisotopic (exact) mass is 334 g/mol. The Morgan fingerprint density at radius 3 is 2.83 bits per heavy atom. The normalized spacial score (nSPS) is 28.0. The molecule has 1 amide bonds. The number of aromatic nitrogens is 2. The summed E-state index contributed by atoms with van der Waals surface area (Å²) >= 11 is 0. The predicted molar refractivity (Wildman–Crippen MR) is 92.8 cm³/mol. The highest BCUT2D eigenvalue weighted by Crippen LogP contribution is 2.41. The number of fused-ring (bicyclic) bond motifs is 1. The van der Waals surface area contributed by atoms with Crippen LogP contribution in [0.1, 0.15) is 42.6 Å². The van der Waals surface area contributed by atoms with Gasteiger partial charge in [0.25, 0.3) is 0 Å². The number of nitrogens with zero attached hydrogens (tertiary/aromatic N) is 3. The number of hydrogen-bond acceptors (Lipinski definition) is 4. The molecule has 2 saturated heterocycles. The Kier molecular flexibility index (Phi) is 4.97. The van der Waals surface area contributed by atoms with E-state index in [1.807, 2.05) is 18.7 Å². The molecule has 0 bridgehead atoms. The van der Waals surface area contributed by atoms with E-state index in [1.165, 1.54) is 0 Å². The van der Waals surface area contributed by atoms with Crippen molar-refractivity contribution >= 4 is 5.91 Å². The smallest absolute Gasteiger partial charge is 0.223 e. The lowest BCUT2D eigenvalue weighted by atomic mass is 9.69. The highest BCUT2D eigenvalue weighted by atomic mass is 16.3. The van der Waals surface area contributed by atoms with Crippen molar-refractivity contribution in [1.82, 2.24) is 20.0 Å². The zero-order valence-corrected chi connectivity index (χ0v) is 15.1. The lowest BCUT2D eigenvalue weighted by Crippen LogP contribution is -2.62. The first-order valence-electron chi connectivity index (χ1n) is 9.06. The summed E-state index contributed by atoms with van der Waals surface area (Å²) in [6, 6.07) is 0.281. The number of aliphatic hydroxyl groups excluding tert-OH is 1. The Hall–Kier alpha value is -1.40.